The SMILES string of the molecule is COC(=O)c1ncnc(-c2ccc(Cl)cc2)c1F. The third kappa shape index (κ3) is 2.31. The molecule has 0 fully saturated rings. The molecule has 0 N–H and O–H groups in total. The summed E-state index contributed by atoms with van der Waals surface area (Å²) in [5.74, 6) is -1.66. The molecule has 0 saturated carbocycles. The molecule has 18 heavy (non-hydrogen) atoms. The first-order chi connectivity index (χ1) is 8.63. The van der Waals surface area contributed by atoms with Gasteiger partial charge in [-0.25, -0.2) is 19.2 Å². The standard InChI is InChI=1S/C12H8ClFN2O2/c1-18-12(17)11-9(14)10(15-6-16-11)7-2-4-8(13)5-3-7/h2-6H,1H3. The van der Waals surface area contributed by atoms with Crippen LogP contribution in [0.25, 0.3) is 11.3 Å². The van der Waals surface area contributed by atoms with Crippen LogP contribution in [-0.2, 0) is 4.74 Å². The van der Waals surface area contributed by atoms with Gasteiger partial charge >= 0.3 is 5.97 Å². The van der Waals surface area contributed by atoms with E-state index in [0.29, 0.717) is 10.6 Å². The molecule has 0 saturated heterocycles. The van der Waals surface area contributed by atoms with Gasteiger partial charge in [0.05, 0.1) is 7.11 Å². The molecule has 0 unspecified atom stereocenters. The highest BCUT2D eigenvalue weighted by atomic mass is 35.5. The van der Waals surface area contributed by atoms with Gasteiger partial charge in [-0.15, -0.1) is 0 Å². The van der Waals surface area contributed by atoms with E-state index in [1.807, 2.05) is 0 Å². The van der Waals surface area contributed by atoms with E-state index >= 15 is 0 Å². The van der Waals surface area contributed by atoms with E-state index in [-0.39, 0.29) is 5.69 Å². The van der Waals surface area contributed by atoms with E-state index in [2.05, 4.69) is 14.7 Å². The zero-order chi connectivity index (χ0) is 13.1. The minimum atomic E-state index is -0.842. The molecular weight excluding hydrogens is 259 g/mol. The summed E-state index contributed by atoms with van der Waals surface area (Å²) in [7, 11) is 1.16. The van der Waals surface area contributed by atoms with Gasteiger partial charge in [0.2, 0.25) is 0 Å². The lowest BCUT2D eigenvalue weighted by atomic mass is 10.1. The van der Waals surface area contributed by atoms with Crippen molar-refractivity contribution in [3.05, 3.63) is 47.1 Å². The van der Waals surface area contributed by atoms with Crippen LogP contribution in [0.1, 0.15) is 10.5 Å². The molecule has 0 amide bonds. The number of esters is 1. The molecule has 1 aromatic carbocycles. The number of ether oxygens (including phenoxy) is 1. The Morgan fingerprint density at radius 1 is 1.28 bits per heavy atom. The Morgan fingerprint density at radius 2 is 1.94 bits per heavy atom. The molecular formula is C12H8ClFN2O2. The molecule has 0 spiro atoms. The molecule has 0 aliphatic rings. The van der Waals surface area contributed by atoms with E-state index in [1.165, 1.54) is 0 Å². The number of aromatic nitrogens is 2. The van der Waals surface area contributed by atoms with Crippen LogP contribution >= 0.6 is 11.6 Å². The fourth-order valence-corrected chi connectivity index (χ4v) is 1.54. The van der Waals surface area contributed by atoms with Gasteiger partial charge in [-0.3, -0.25) is 0 Å². The number of carbonyl (C=O) groups is 1. The van der Waals surface area contributed by atoms with Gasteiger partial charge in [-0.05, 0) is 12.1 Å². The monoisotopic (exact) mass is 266 g/mol. The lowest BCUT2D eigenvalue weighted by Gasteiger charge is -2.05. The predicted molar refractivity (Wildman–Crippen MR) is 63.8 cm³/mol. The highest BCUT2D eigenvalue weighted by Crippen LogP contribution is 2.23. The zero-order valence-electron chi connectivity index (χ0n) is 9.35. The number of hydrogen-bond donors (Lipinski definition) is 0. The topological polar surface area (TPSA) is 52.1 Å². The fourth-order valence-electron chi connectivity index (χ4n) is 1.42. The Kier molecular flexibility index (Phi) is 3.53. The first-order valence-electron chi connectivity index (χ1n) is 4.98. The number of carbonyl (C=O) groups excluding carboxylic acids is 1. The van der Waals surface area contributed by atoms with Crippen LogP contribution in [0.5, 0.6) is 0 Å². The molecule has 0 radical (unpaired) electrons. The second-order valence-electron chi connectivity index (χ2n) is 3.38. The maximum atomic E-state index is 14.0. The smallest absolute Gasteiger partial charge is 0.359 e. The van der Waals surface area contributed by atoms with E-state index < -0.39 is 17.5 Å². The average molecular weight is 267 g/mol. The van der Waals surface area contributed by atoms with Crippen molar-refractivity contribution in [2.24, 2.45) is 0 Å². The Hall–Kier alpha value is -2.01. The van der Waals surface area contributed by atoms with Gasteiger partial charge in [0.1, 0.15) is 12.0 Å². The Balaban J connectivity index is 2.52. The van der Waals surface area contributed by atoms with Gasteiger partial charge in [0, 0.05) is 10.6 Å². The maximum absolute atomic E-state index is 14.0. The minimum absolute atomic E-state index is 0.0297. The largest absolute Gasteiger partial charge is 0.464 e. The number of benzene rings is 1. The Bertz CT molecular complexity index is 587. The normalized spacial score (nSPS) is 10.2. The van der Waals surface area contributed by atoms with E-state index in [0.717, 1.165) is 13.4 Å². The molecule has 1 aromatic heterocycles. The lowest BCUT2D eigenvalue weighted by molar-refractivity contribution is 0.0588. The van der Waals surface area contributed by atoms with Crippen LogP contribution in [-0.4, -0.2) is 23.0 Å². The molecule has 0 bridgehead atoms. The second-order valence-corrected chi connectivity index (χ2v) is 3.82. The quantitative estimate of drug-likeness (QED) is 0.784. The van der Waals surface area contributed by atoms with Crippen molar-refractivity contribution in [3.8, 4) is 11.3 Å². The molecule has 1 heterocycles. The van der Waals surface area contributed by atoms with Crippen LogP contribution < -0.4 is 0 Å². The lowest BCUT2D eigenvalue weighted by Crippen LogP contribution is -2.09. The molecule has 0 atom stereocenters. The van der Waals surface area contributed by atoms with E-state index in [9.17, 15) is 9.18 Å². The van der Waals surface area contributed by atoms with Crippen molar-refractivity contribution < 1.29 is 13.9 Å². The van der Waals surface area contributed by atoms with E-state index in [4.69, 9.17) is 11.6 Å². The van der Waals surface area contributed by atoms with E-state index in [1.54, 1.807) is 24.3 Å². The van der Waals surface area contributed by atoms with Crippen molar-refractivity contribution in [3.63, 3.8) is 0 Å². The van der Waals surface area contributed by atoms with Crippen molar-refractivity contribution in [2.75, 3.05) is 7.11 Å². The first-order valence-corrected chi connectivity index (χ1v) is 5.36. The van der Waals surface area contributed by atoms with Crippen LogP contribution in [0.15, 0.2) is 30.6 Å². The predicted octanol–water partition coefficient (Wildman–Crippen LogP) is 2.72. The number of halogens is 2. The van der Waals surface area contributed by atoms with Crippen LogP contribution in [0.3, 0.4) is 0 Å². The molecule has 92 valence electrons. The third-order valence-electron chi connectivity index (χ3n) is 2.29. The van der Waals surface area contributed by atoms with Crippen molar-refractivity contribution in [1.82, 2.24) is 9.97 Å². The first kappa shape index (κ1) is 12.4. The van der Waals surface area contributed by atoms with Crippen LogP contribution in [0.2, 0.25) is 5.02 Å². The highest BCUT2D eigenvalue weighted by molar-refractivity contribution is 6.30. The summed E-state index contributed by atoms with van der Waals surface area (Å²) < 4.78 is 18.5. The molecule has 6 heteroatoms. The summed E-state index contributed by atoms with van der Waals surface area (Å²) in [6.45, 7) is 0. The van der Waals surface area contributed by atoms with Gasteiger partial charge in [0.15, 0.2) is 11.5 Å². The average Bonchev–Trinajstić information content (AvgIpc) is 2.39. The molecule has 2 aromatic rings. The highest BCUT2D eigenvalue weighted by Gasteiger charge is 2.19. The second kappa shape index (κ2) is 5.10. The van der Waals surface area contributed by atoms with Crippen LogP contribution in [0, 0.1) is 5.82 Å². The maximum Gasteiger partial charge on any atom is 0.359 e. The summed E-state index contributed by atoms with van der Waals surface area (Å²) in [6.07, 6.45) is 1.11. The summed E-state index contributed by atoms with van der Waals surface area (Å²) in [4.78, 5) is 18.7. The van der Waals surface area contributed by atoms with Crippen molar-refractivity contribution >= 4 is 17.6 Å². The number of nitrogens with zero attached hydrogens (tertiary/aromatic N) is 2. The minimum Gasteiger partial charge on any atom is -0.464 e. The van der Waals surface area contributed by atoms with Crippen molar-refractivity contribution in [1.29, 1.82) is 0 Å². The van der Waals surface area contributed by atoms with Gasteiger partial charge in [0.25, 0.3) is 0 Å². The number of methoxy groups -OCH3 is 1. The van der Waals surface area contributed by atoms with Gasteiger partial charge < -0.3 is 4.74 Å². The Morgan fingerprint density at radius 3 is 2.56 bits per heavy atom. The third-order valence-corrected chi connectivity index (χ3v) is 2.54. The zero-order valence-corrected chi connectivity index (χ0v) is 10.1. The summed E-state index contributed by atoms with van der Waals surface area (Å²) in [5.41, 5.74) is 0.143. The molecule has 4 nitrogen and oxygen atoms in total. The summed E-state index contributed by atoms with van der Waals surface area (Å²) in [5, 5.41) is 0.529. The number of rotatable bonds is 2. The summed E-state index contributed by atoms with van der Waals surface area (Å²) in [6, 6.07) is 6.43. The summed E-state index contributed by atoms with van der Waals surface area (Å²) >= 11 is 5.74. The van der Waals surface area contributed by atoms with Gasteiger partial charge in [-0.2, -0.15) is 0 Å². The Labute approximate surface area is 107 Å². The van der Waals surface area contributed by atoms with Crippen LogP contribution in [0.4, 0.5) is 4.39 Å². The number of hydrogen-bond acceptors (Lipinski definition) is 4. The molecule has 0 aliphatic carbocycles. The van der Waals surface area contributed by atoms with Crippen molar-refractivity contribution in [2.45, 2.75) is 0 Å². The fraction of sp³-hybridized carbons (Fsp3) is 0.0833. The van der Waals surface area contributed by atoms with Gasteiger partial charge in [-0.1, -0.05) is 23.7 Å². The molecule has 2 rings (SSSR count). The molecule has 0 aliphatic heterocycles.